The third-order valence-corrected chi connectivity index (χ3v) is 2.20. The fourth-order valence-corrected chi connectivity index (χ4v) is 1.34. The minimum Gasteiger partial charge on any atom is -0.298 e. The molecule has 0 aromatic heterocycles. The first-order chi connectivity index (χ1) is 6.61. The molecular weight excluding hydrogens is 202 g/mol. The van der Waals surface area contributed by atoms with Crippen molar-refractivity contribution in [2.75, 3.05) is 0 Å². The van der Waals surface area contributed by atoms with Gasteiger partial charge in [-0.1, -0.05) is 11.6 Å². The lowest BCUT2D eigenvalue weighted by Crippen LogP contribution is -1.99. The van der Waals surface area contributed by atoms with E-state index in [1.807, 2.05) is 6.07 Å². The summed E-state index contributed by atoms with van der Waals surface area (Å²) >= 11 is 5.75. The number of hydrogen-bond acceptors (Lipinski definition) is 3. The van der Waals surface area contributed by atoms with Crippen LogP contribution in [0.3, 0.4) is 0 Å². The molecule has 0 saturated carbocycles. The second kappa shape index (κ2) is 4.03. The Morgan fingerprint density at radius 3 is 2.64 bits per heavy atom. The first-order valence-corrected chi connectivity index (χ1v) is 4.18. The van der Waals surface area contributed by atoms with Gasteiger partial charge in [0.25, 0.3) is 0 Å². The topological polar surface area (TPSA) is 57.9 Å². The molecule has 0 amide bonds. The normalized spacial score (nSPS) is 9.21. The van der Waals surface area contributed by atoms with Crippen LogP contribution in [0.15, 0.2) is 12.1 Å². The van der Waals surface area contributed by atoms with Crippen molar-refractivity contribution in [2.24, 2.45) is 0 Å². The molecule has 0 fully saturated rings. The van der Waals surface area contributed by atoms with E-state index >= 15 is 0 Å². The number of benzene rings is 1. The lowest BCUT2D eigenvalue weighted by Gasteiger charge is -2.03. The Hall–Kier alpha value is -1.66. The molecular formula is C10H6ClNO2. The Morgan fingerprint density at radius 2 is 2.21 bits per heavy atom. The molecule has 0 bridgehead atoms. The maximum absolute atomic E-state index is 11.1. The summed E-state index contributed by atoms with van der Waals surface area (Å²) in [5.41, 5.74) is 0.514. The molecule has 70 valence electrons. The molecule has 14 heavy (non-hydrogen) atoms. The number of nitriles is 1. The van der Waals surface area contributed by atoms with E-state index < -0.39 is 0 Å². The summed E-state index contributed by atoms with van der Waals surface area (Å²) in [6.07, 6.45) is 0.549. The molecule has 0 radical (unpaired) electrons. The van der Waals surface area contributed by atoms with Crippen LogP contribution in [0.5, 0.6) is 0 Å². The largest absolute Gasteiger partial charge is 0.298 e. The number of Topliss-reactive ketones (excluding diaryl/α,β-unsaturated/α-hetero) is 1. The van der Waals surface area contributed by atoms with Gasteiger partial charge in [0, 0.05) is 11.1 Å². The van der Waals surface area contributed by atoms with Crippen LogP contribution in [-0.2, 0) is 0 Å². The van der Waals surface area contributed by atoms with Crippen LogP contribution < -0.4 is 0 Å². The number of halogens is 1. The molecule has 0 atom stereocenters. The number of ketones is 1. The highest BCUT2D eigenvalue weighted by atomic mass is 35.5. The van der Waals surface area contributed by atoms with Crippen LogP contribution in [0, 0.1) is 11.3 Å². The molecule has 0 spiro atoms. The number of carbonyl (C=O) groups excluding carboxylic acids is 2. The van der Waals surface area contributed by atoms with Gasteiger partial charge in [-0.05, 0) is 19.1 Å². The van der Waals surface area contributed by atoms with Gasteiger partial charge in [-0.15, -0.1) is 0 Å². The molecule has 0 heterocycles. The average molecular weight is 208 g/mol. The van der Waals surface area contributed by atoms with Gasteiger partial charge in [-0.25, -0.2) is 0 Å². The second-order valence-electron chi connectivity index (χ2n) is 2.68. The van der Waals surface area contributed by atoms with Gasteiger partial charge in [0.05, 0.1) is 10.6 Å². The SMILES string of the molecule is CC(=O)c1ccc(C=O)c(Cl)c1C#N. The summed E-state index contributed by atoms with van der Waals surface area (Å²) < 4.78 is 0. The molecule has 1 aromatic carbocycles. The molecule has 0 aliphatic rings. The average Bonchev–Trinajstić information content (AvgIpc) is 2.17. The maximum atomic E-state index is 11.1. The maximum Gasteiger partial charge on any atom is 0.161 e. The van der Waals surface area contributed by atoms with Crippen LogP contribution in [0.1, 0.15) is 33.2 Å². The molecule has 0 N–H and O–H groups in total. The van der Waals surface area contributed by atoms with Crippen LogP contribution in [0.4, 0.5) is 0 Å². The van der Waals surface area contributed by atoms with Crippen molar-refractivity contribution in [3.8, 4) is 6.07 Å². The standard InChI is InChI=1S/C10H6ClNO2/c1-6(14)8-3-2-7(5-13)10(11)9(8)4-12/h2-3,5H,1H3. The minimum atomic E-state index is -0.249. The molecule has 0 aliphatic heterocycles. The summed E-state index contributed by atoms with van der Waals surface area (Å²) in [7, 11) is 0. The van der Waals surface area contributed by atoms with Gasteiger partial charge in [-0.3, -0.25) is 9.59 Å². The first kappa shape index (κ1) is 10.4. The molecule has 0 saturated heterocycles. The van der Waals surface area contributed by atoms with Crippen molar-refractivity contribution in [1.29, 1.82) is 5.26 Å². The Morgan fingerprint density at radius 1 is 1.57 bits per heavy atom. The van der Waals surface area contributed by atoms with Crippen LogP contribution in [0.2, 0.25) is 5.02 Å². The number of aldehydes is 1. The number of rotatable bonds is 2. The Kier molecular flexibility index (Phi) is 3.00. The highest BCUT2D eigenvalue weighted by molar-refractivity contribution is 6.34. The fraction of sp³-hybridized carbons (Fsp3) is 0.100. The summed E-state index contributed by atoms with van der Waals surface area (Å²) in [5.74, 6) is -0.249. The first-order valence-electron chi connectivity index (χ1n) is 3.80. The predicted octanol–water partition coefficient (Wildman–Crippen LogP) is 2.23. The van der Waals surface area contributed by atoms with Gasteiger partial charge >= 0.3 is 0 Å². The second-order valence-corrected chi connectivity index (χ2v) is 3.06. The zero-order valence-electron chi connectivity index (χ0n) is 7.37. The van der Waals surface area contributed by atoms with Gasteiger partial charge in [0.2, 0.25) is 0 Å². The summed E-state index contributed by atoms with van der Waals surface area (Å²) in [5, 5.41) is 8.80. The third-order valence-electron chi connectivity index (χ3n) is 1.79. The van der Waals surface area contributed by atoms with Crippen LogP contribution >= 0.6 is 11.6 Å². The third kappa shape index (κ3) is 1.66. The van der Waals surface area contributed by atoms with Gasteiger partial charge < -0.3 is 0 Å². The fourth-order valence-electron chi connectivity index (χ4n) is 1.09. The van der Waals surface area contributed by atoms with E-state index in [4.69, 9.17) is 16.9 Å². The van der Waals surface area contributed by atoms with Gasteiger partial charge in [0.1, 0.15) is 6.07 Å². The Balaban J connectivity index is 3.53. The molecule has 0 unspecified atom stereocenters. The molecule has 1 rings (SSSR count). The monoisotopic (exact) mass is 207 g/mol. The number of nitrogens with zero attached hydrogens (tertiary/aromatic N) is 1. The van der Waals surface area contributed by atoms with Crippen molar-refractivity contribution < 1.29 is 9.59 Å². The molecule has 3 nitrogen and oxygen atoms in total. The Labute approximate surface area is 85.9 Å². The highest BCUT2D eigenvalue weighted by Gasteiger charge is 2.13. The minimum absolute atomic E-state index is 0.0372. The lowest BCUT2D eigenvalue weighted by atomic mass is 10.0. The number of hydrogen-bond donors (Lipinski definition) is 0. The summed E-state index contributed by atoms with van der Waals surface area (Å²) in [6, 6.07) is 4.66. The summed E-state index contributed by atoms with van der Waals surface area (Å²) in [4.78, 5) is 21.6. The van der Waals surface area contributed by atoms with Gasteiger partial charge in [-0.2, -0.15) is 5.26 Å². The zero-order valence-corrected chi connectivity index (χ0v) is 8.13. The van der Waals surface area contributed by atoms with E-state index in [2.05, 4.69) is 0 Å². The van der Waals surface area contributed by atoms with E-state index in [9.17, 15) is 9.59 Å². The van der Waals surface area contributed by atoms with E-state index in [1.54, 1.807) is 0 Å². The van der Waals surface area contributed by atoms with E-state index in [1.165, 1.54) is 19.1 Å². The predicted molar refractivity (Wildman–Crippen MR) is 51.6 cm³/mol. The van der Waals surface area contributed by atoms with Crippen LogP contribution in [-0.4, -0.2) is 12.1 Å². The highest BCUT2D eigenvalue weighted by Crippen LogP contribution is 2.23. The number of carbonyl (C=O) groups is 2. The van der Waals surface area contributed by atoms with Crippen molar-refractivity contribution in [2.45, 2.75) is 6.92 Å². The van der Waals surface area contributed by atoms with Crippen molar-refractivity contribution in [3.05, 3.63) is 33.8 Å². The van der Waals surface area contributed by atoms with Crippen molar-refractivity contribution in [1.82, 2.24) is 0 Å². The summed E-state index contributed by atoms with van der Waals surface area (Å²) in [6.45, 7) is 1.34. The van der Waals surface area contributed by atoms with Crippen molar-refractivity contribution >= 4 is 23.7 Å². The zero-order chi connectivity index (χ0) is 10.7. The Bertz CT molecular complexity index is 446. The molecule has 0 aliphatic carbocycles. The van der Waals surface area contributed by atoms with E-state index in [0.29, 0.717) is 6.29 Å². The van der Waals surface area contributed by atoms with Gasteiger partial charge in [0.15, 0.2) is 12.1 Å². The molecule has 4 heteroatoms. The smallest absolute Gasteiger partial charge is 0.161 e. The van der Waals surface area contributed by atoms with Crippen LogP contribution in [0.25, 0.3) is 0 Å². The van der Waals surface area contributed by atoms with E-state index in [-0.39, 0.29) is 27.5 Å². The van der Waals surface area contributed by atoms with E-state index in [0.717, 1.165) is 0 Å². The molecule has 1 aromatic rings. The van der Waals surface area contributed by atoms with Crippen molar-refractivity contribution in [3.63, 3.8) is 0 Å². The quantitative estimate of drug-likeness (QED) is 0.552. The lowest BCUT2D eigenvalue weighted by molar-refractivity contribution is 0.101.